The van der Waals surface area contributed by atoms with Crippen LogP contribution in [0.2, 0.25) is 0 Å². The molecular formula is C14H22N4O. The van der Waals surface area contributed by atoms with Crippen molar-refractivity contribution in [3.05, 3.63) is 22.9 Å². The summed E-state index contributed by atoms with van der Waals surface area (Å²) in [5.41, 5.74) is 8.60. The highest BCUT2D eigenvalue weighted by Crippen LogP contribution is 2.22. The van der Waals surface area contributed by atoms with Gasteiger partial charge in [0.2, 0.25) is 0 Å². The fourth-order valence-corrected chi connectivity index (χ4v) is 2.47. The van der Waals surface area contributed by atoms with E-state index < -0.39 is 0 Å². The van der Waals surface area contributed by atoms with Crippen molar-refractivity contribution < 1.29 is 4.79 Å². The fraction of sp³-hybridized carbons (Fsp3) is 0.571. The van der Waals surface area contributed by atoms with Gasteiger partial charge in [-0.3, -0.25) is 9.69 Å². The fourth-order valence-electron chi connectivity index (χ4n) is 2.47. The number of nitrogens with two attached hydrogens (primary N) is 1. The number of rotatable bonds is 3. The first-order valence-corrected chi connectivity index (χ1v) is 6.75. The molecule has 0 bridgehead atoms. The van der Waals surface area contributed by atoms with Gasteiger partial charge in [-0.1, -0.05) is 6.92 Å². The van der Waals surface area contributed by atoms with Crippen molar-refractivity contribution in [2.75, 3.05) is 32.9 Å². The number of nitrogen functional groups attached to an aromatic ring is 1. The molecule has 0 radical (unpaired) electrons. The summed E-state index contributed by atoms with van der Waals surface area (Å²) in [6.45, 7) is 5.15. The molecule has 0 fully saturated rings. The number of hydrogen-bond donors (Lipinski definition) is 1. The van der Waals surface area contributed by atoms with Crippen molar-refractivity contribution in [1.29, 1.82) is 0 Å². The van der Waals surface area contributed by atoms with Gasteiger partial charge in [0.25, 0.3) is 5.91 Å². The molecule has 1 aliphatic heterocycles. The molecule has 0 atom stereocenters. The van der Waals surface area contributed by atoms with Crippen LogP contribution in [-0.4, -0.2) is 47.9 Å². The minimum atomic E-state index is -0.0829. The summed E-state index contributed by atoms with van der Waals surface area (Å²) in [4.78, 5) is 20.4. The second kappa shape index (κ2) is 5.57. The molecule has 5 heteroatoms. The molecular weight excluding hydrogens is 240 g/mol. The summed E-state index contributed by atoms with van der Waals surface area (Å²) >= 11 is 0. The lowest BCUT2D eigenvalue weighted by Gasteiger charge is -2.28. The maximum absolute atomic E-state index is 12.1. The molecule has 0 aliphatic carbocycles. The Morgan fingerprint density at radius 3 is 2.89 bits per heavy atom. The molecule has 5 nitrogen and oxygen atoms in total. The summed E-state index contributed by atoms with van der Waals surface area (Å²) in [5, 5.41) is 0. The Morgan fingerprint density at radius 2 is 2.26 bits per heavy atom. The maximum atomic E-state index is 12.1. The molecule has 0 unspecified atom stereocenters. The van der Waals surface area contributed by atoms with Crippen LogP contribution in [0.1, 0.15) is 35.0 Å². The summed E-state index contributed by atoms with van der Waals surface area (Å²) in [7, 11) is 3.45. The van der Waals surface area contributed by atoms with Gasteiger partial charge in [0, 0.05) is 39.3 Å². The zero-order valence-electron chi connectivity index (χ0n) is 11.9. The normalized spacial score (nSPS) is 15.1. The Labute approximate surface area is 114 Å². The van der Waals surface area contributed by atoms with Crippen molar-refractivity contribution in [3.8, 4) is 0 Å². The van der Waals surface area contributed by atoms with E-state index in [4.69, 9.17) is 5.73 Å². The van der Waals surface area contributed by atoms with Crippen LogP contribution in [0.4, 0.5) is 5.82 Å². The number of nitrogens with zero attached hydrogens (tertiary/aromatic N) is 3. The van der Waals surface area contributed by atoms with Crippen LogP contribution in [0.15, 0.2) is 6.07 Å². The Morgan fingerprint density at radius 1 is 1.53 bits per heavy atom. The van der Waals surface area contributed by atoms with Gasteiger partial charge in [-0.15, -0.1) is 0 Å². The zero-order valence-corrected chi connectivity index (χ0v) is 11.9. The topological polar surface area (TPSA) is 62.5 Å². The molecule has 0 saturated carbocycles. The van der Waals surface area contributed by atoms with E-state index in [-0.39, 0.29) is 5.91 Å². The van der Waals surface area contributed by atoms with Gasteiger partial charge < -0.3 is 10.6 Å². The van der Waals surface area contributed by atoms with Gasteiger partial charge in [-0.25, -0.2) is 4.98 Å². The second-order valence-electron chi connectivity index (χ2n) is 5.25. The summed E-state index contributed by atoms with van der Waals surface area (Å²) in [5.74, 6) is 0.266. The van der Waals surface area contributed by atoms with Crippen LogP contribution < -0.4 is 5.73 Å². The van der Waals surface area contributed by atoms with Crippen LogP contribution >= 0.6 is 0 Å². The van der Waals surface area contributed by atoms with Crippen LogP contribution in [-0.2, 0) is 13.0 Å². The highest BCUT2D eigenvalue weighted by molar-refractivity contribution is 5.98. The van der Waals surface area contributed by atoms with E-state index in [1.54, 1.807) is 14.1 Å². The van der Waals surface area contributed by atoms with Crippen LogP contribution in [0.25, 0.3) is 0 Å². The summed E-state index contributed by atoms with van der Waals surface area (Å²) in [6, 6.07) is 1.92. The number of fused-ring (bicyclic) bond motifs is 1. The van der Waals surface area contributed by atoms with Crippen molar-refractivity contribution in [2.45, 2.75) is 26.3 Å². The lowest BCUT2D eigenvalue weighted by Crippen LogP contribution is -2.32. The third kappa shape index (κ3) is 2.87. The van der Waals surface area contributed by atoms with Crippen molar-refractivity contribution in [3.63, 3.8) is 0 Å². The Bertz CT molecular complexity index is 485. The quantitative estimate of drug-likeness (QED) is 0.887. The predicted molar refractivity (Wildman–Crippen MR) is 75.9 cm³/mol. The zero-order chi connectivity index (χ0) is 14.0. The molecule has 19 heavy (non-hydrogen) atoms. The van der Waals surface area contributed by atoms with Crippen LogP contribution in [0.5, 0.6) is 0 Å². The highest BCUT2D eigenvalue weighted by Gasteiger charge is 2.21. The third-order valence-electron chi connectivity index (χ3n) is 3.46. The first-order valence-electron chi connectivity index (χ1n) is 6.75. The number of pyridine rings is 1. The number of aromatic nitrogens is 1. The van der Waals surface area contributed by atoms with E-state index in [2.05, 4.69) is 16.8 Å². The van der Waals surface area contributed by atoms with Gasteiger partial charge >= 0.3 is 0 Å². The standard InChI is InChI=1S/C14H22N4O/c1-4-6-18-7-5-12-10(9-18)8-11(13(15)16-12)14(19)17(2)3/h8H,4-7,9H2,1-3H3,(H2,15,16). The highest BCUT2D eigenvalue weighted by atomic mass is 16.2. The van der Waals surface area contributed by atoms with E-state index in [0.29, 0.717) is 11.4 Å². The van der Waals surface area contributed by atoms with E-state index >= 15 is 0 Å². The van der Waals surface area contributed by atoms with Gasteiger partial charge in [0.15, 0.2) is 0 Å². The molecule has 1 aliphatic rings. The molecule has 0 aromatic carbocycles. The average Bonchev–Trinajstić information content (AvgIpc) is 2.37. The minimum Gasteiger partial charge on any atom is -0.383 e. The average molecular weight is 262 g/mol. The van der Waals surface area contributed by atoms with E-state index in [1.165, 1.54) is 4.90 Å². The van der Waals surface area contributed by atoms with E-state index in [0.717, 1.165) is 43.7 Å². The summed E-state index contributed by atoms with van der Waals surface area (Å²) < 4.78 is 0. The van der Waals surface area contributed by atoms with Gasteiger partial charge in [0.1, 0.15) is 5.82 Å². The number of anilines is 1. The third-order valence-corrected chi connectivity index (χ3v) is 3.46. The predicted octanol–water partition coefficient (Wildman–Crippen LogP) is 1.13. The smallest absolute Gasteiger partial charge is 0.257 e. The van der Waals surface area contributed by atoms with Crippen molar-refractivity contribution in [2.24, 2.45) is 0 Å². The lowest BCUT2D eigenvalue weighted by molar-refractivity contribution is 0.0828. The lowest BCUT2D eigenvalue weighted by atomic mass is 10.0. The van der Waals surface area contributed by atoms with E-state index in [9.17, 15) is 4.79 Å². The molecule has 1 aromatic rings. The first-order chi connectivity index (χ1) is 9.02. The molecule has 1 aromatic heterocycles. The maximum Gasteiger partial charge on any atom is 0.257 e. The molecule has 0 spiro atoms. The molecule has 0 saturated heterocycles. The Hall–Kier alpha value is -1.62. The van der Waals surface area contributed by atoms with Gasteiger partial charge in [-0.2, -0.15) is 0 Å². The number of carbonyl (C=O) groups is 1. The molecule has 1 amide bonds. The van der Waals surface area contributed by atoms with Crippen LogP contribution in [0.3, 0.4) is 0 Å². The summed E-state index contributed by atoms with van der Waals surface area (Å²) in [6.07, 6.45) is 2.05. The second-order valence-corrected chi connectivity index (χ2v) is 5.25. The first kappa shape index (κ1) is 13.8. The molecule has 2 rings (SSSR count). The van der Waals surface area contributed by atoms with Crippen molar-refractivity contribution in [1.82, 2.24) is 14.8 Å². The van der Waals surface area contributed by atoms with Gasteiger partial charge in [-0.05, 0) is 24.6 Å². The number of hydrogen-bond acceptors (Lipinski definition) is 4. The number of amides is 1. The van der Waals surface area contributed by atoms with Crippen LogP contribution in [0, 0.1) is 0 Å². The Kier molecular flexibility index (Phi) is 4.04. The minimum absolute atomic E-state index is 0.0829. The largest absolute Gasteiger partial charge is 0.383 e. The SMILES string of the molecule is CCCN1CCc2nc(N)c(C(=O)N(C)C)cc2C1. The van der Waals surface area contributed by atoms with Gasteiger partial charge in [0.05, 0.1) is 5.56 Å². The Balaban J connectivity index is 2.30. The molecule has 2 heterocycles. The molecule has 2 N–H and O–H groups in total. The molecule has 104 valence electrons. The van der Waals surface area contributed by atoms with E-state index in [1.807, 2.05) is 6.07 Å². The monoisotopic (exact) mass is 262 g/mol. The van der Waals surface area contributed by atoms with Crippen molar-refractivity contribution >= 4 is 11.7 Å². The number of carbonyl (C=O) groups excluding carboxylic acids is 1.